The highest BCUT2D eigenvalue weighted by Gasteiger charge is 2.42. The Morgan fingerprint density at radius 3 is 1.94 bits per heavy atom. The van der Waals surface area contributed by atoms with Gasteiger partial charge in [-0.05, 0) is 61.1 Å². The molecule has 1 aromatic heterocycles. The number of carbonyl (C=O) groups excluding carboxylic acids is 2. The Kier molecular flexibility index (Phi) is 6.74. The van der Waals surface area contributed by atoms with Crippen LogP contribution in [-0.4, -0.2) is 17.4 Å². The normalized spacial score (nSPS) is 16.5. The molecule has 1 heterocycles. The van der Waals surface area contributed by atoms with Gasteiger partial charge in [0.05, 0.1) is 5.56 Å². The summed E-state index contributed by atoms with van der Waals surface area (Å²) in [5.74, 6) is -0.583. The molecule has 35 heavy (non-hydrogen) atoms. The maximum Gasteiger partial charge on any atom is 0.416 e. The average Bonchev–Trinajstić information content (AvgIpc) is 3.35. The second kappa shape index (κ2) is 9.60. The molecule has 1 saturated carbocycles. The van der Waals surface area contributed by atoms with Crippen molar-refractivity contribution in [3.63, 3.8) is 0 Å². The van der Waals surface area contributed by atoms with Crippen molar-refractivity contribution in [2.45, 2.75) is 50.7 Å². The minimum atomic E-state index is -4.38. The molecule has 3 N–H and O–H groups in total. The predicted octanol–water partition coefficient (Wildman–Crippen LogP) is 6.19. The summed E-state index contributed by atoms with van der Waals surface area (Å²) in [6, 6.07) is 15.2. The molecule has 0 radical (unpaired) electrons. The average molecular weight is 485 g/mol. The molecule has 3 aromatic rings. The Morgan fingerprint density at radius 1 is 0.857 bits per heavy atom. The maximum atomic E-state index is 12.9. The Hall–Kier alpha value is -3.55. The van der Waals surface area contributed by atoms with Crippen molar-refractivity contribution in [2.24, 2.45) is 11.7 Å². The van der Waals surface area contributed by atoms with Gasteiger partial charge in [-0.25, -0.2) is 0 Å². The lowest BCUT2D eigenvalue weighted by Gasteiger charge is -2.37. The summed E-state index contributed by atoms with van der Waals surface area (Å²) in [5.41, 5.74) is 5.91. The van der Waals surface area contributed by atoms with Crippen molar-refractivity contribution in [3.05, 3.63) is 72.0 Å². The summed E-state index contributed by atoms with van der Waals surface area (Å²) < 4.78 is 44.1. The quantitative estimate of drug-likeness (QED) is 0.438. The lowest BCUT2D eigenvalue weighted by atomic mass is 9.75. The number of nitrogens with one attached hydrogen (secondary N) is 1. The van der Waals surface area contributed by atoms with E-state index in [-0.39, 0.29) is 11.7 Å². The number of primary amides is 1. The third kappa shape index (κ3) is 5.26. The van der Waals surface area contributed by atoms with E-state index in [9.17, 15) is 22.8 Å². The molecule has 1 fully saturated rings. The minimum absolute atomic E-state index is 0.0233. The third-order valence-electron chi connectivity index (χ3n) is 6.85. The Labute approximate surface area is 201 Å². The van der Waals surface area contributed by atoms with Gasteiger partial charge in [-0.15, -0.1) is 0 Å². The molecule has 1 atom stereocenters. The van der Waals surface area contributed by atoms with Gasteiger partial charge in [0.15, 0.2) is 5.76 Å². The van der Waals surface area contributed by atoms with Gasteiger partial charge in [-0.2, -0.15) is 13.2 Å². The van der Waals surface area contributed by atoms with Crippen molar-refractivity contribution >= 4 is 11.8 Å². The standard InChI is InChI=1S/C27H27F3N2O3/c1-26(25(31)34,20-5-3-2-4-6-20)32-24(33)23-16-15-22(35-23)19-9-7-17(8-10-19)18-11-13-21(14-12-18)27(28,29)30/h7-16,20H,2-6H2,1H3,(H2,31,34)(H,32,33)/t26-/m0/s1. The van der Waals surface area contributed by atoms with Crippen LogP contribution in [0.25, 0.3) is 22.5 Å². The molecule has 0 unspecified atom stereocenters. The van der Waals surface area contributed by atoms with Crippen molar-refractivity contribution in [3.8, 4) is 22.5 Å². The lowest BCUT2D eigenvalue weighted by molar-refractivity contribution is -0.137. The van der Waals surface area contributed by atoms with Gasteiger partial charge < -0.3 is 15.5 Å². The summed E-state index contributed by atoms with van der Waals surface area (Å²) in [6.45, 7) is 1.67. The van der Waals surface area contributed by atoms with E-state index in [1.54, 1.807) is 37.3 Å². The van der Waals surface area contributed by atoms with E-state index >= 15 is 0 Å². The Morgan fingerprint density at radius 2 is 1.40 bits per heavy atom. The van der Waals surface area contributed by atoms with Crippen LogP contribution in [0.15, 0.2) is 65.1 Å². The number of amides is 2. The molecule has 4 rings (SSSR count). The van der Waals surface area contributed by atoms with Gasteiger partial charge in [-0.3, -0.25) is 9.59 Å². The first-order chi connectivity index (χ1) is 16.6. The fourth-order valence-corrected chi connectivity index (χ4v) is 4.64. The van der Waals surface area contributed by atoms with E-state index < -0.39 is 29.1 Å². The molecular formula is C27H27F3N2O3. The topological polar surface area (TPSA) is 85.3 Å². The van der Waals surface area contributed by atoms with Crippen LogP contribution in [0.5, 0.6) is 0 Å². The number of halogens is 3. The summed E-state index contributed by atoms with van der Waals surface area (Å²) >= 11 is 0. The molecule has 0 saturated heterocycles. The first kappa shape index (κ1) is 24.6. The SMILES string of the molecule is C[C@@](NC(=O)c1ccc(-c2ccc(-c3ccc(C(F)(F)F)cc3)cc2)o1)(C(N)=O)C1CCCCC1. The van der Waals surface area contributed by atoms with Crippen molar-refractivity contribution in [2.75, 3.05) is 0 Å². The van der Waals surface area contributed by atoms with Crippen LogP contribution in [0.3, 0.4) is 0 Å². The van der Waals surface area contributed by atoms with E-state index in [4.69, 9.17) is 10.2 Å². The van der Waals surface area contributed by atoms with Crippen LogP contribution in [0.1, 0.15) is 55.1 Å². The zero-order valence-electron chi connectivity index (χ0n) is 19.3. The number of benzene rings is 2. The van der Waals surface area contributed by atoms with Crippen molar-refractivity contribution < 1.29 is 27.2 Å². The number of hydrogen-bond donors (Lipinski definition) is 2. The Balaban J connectivity index is 1.48. The molecule has 5 nitrogen and oxygen atoms in total. The molecule has 2 aromatic carbocycles. The zero-order valence-corrected chi connectivity index (χ0v) is 19.3. The first-order valence-corrected chi connectivity index (χ1v) is 11.6. The summed E-state index contributed by atoms with van der Waals surface area (Å²) in [4.78, 5) is 25.1. The van der Waals surface area contributed by atoms with E-state index in [1.165, 1.54) is 18.2 Å². The highest BCUT2D eigenvalue weighted by atomic mass is 19.4. The van der Waals surface area contributed by atoms with E-state index in [0.717, 1.165) is 49.8 Å². The molecule has 0 aliphatic heterocycles. The smallest absolute Gasteiger partial charge is 0.416 e. The van der Waals surface area contributed by atoms with E-state index in [0.29, 0.717) is 16.9 Å². The summed E-state index contributed by atoms with van der Waals surface area (Å²) in [7, 11) is 0. The number of rotatable bonds is 6. The molecule has 1 aliphatic rings. The van der Waals surface area contributed by atoms with Crippen LogP contribution in [0, 0.1) is 5.92 Å². The van der Waals surface area contributed by atoms with E-state index in [1.807, 2.05) is 0 Å². The van der Waals surface area contributed by atoms with Crippen LogP contribution in [0.2, 0.25) is 0 Å². The van der Waals surface area contributed by atoms with Gasteiger partial charge in [0.2, 0.25) is 5.91 Å². The predicted molar refractivity (Wildman–Crippen MR) is 126 cm³/mol. The van der Waals surface area contributed by atoms with Gasteiger partial charge in [0.1, 0.15) is 11.3 Å². The van der Waals surface area contributed by atoms with Gasteiger partial charge >= 0.3 is 6.18 Å². The number of hydrogen-bond acceptors (Lipinski definition) is 3. The highest BCUT2D eigenvalue weighted by molar-refractivity contribution is 5.97. The molecule has 184 valence electrons. The molecule has 1 aliphatic carbocycles. The Bertz CT molecular complexity index is 1190. The largest absolute Gasteiger partial charge is 0.451 e. The van der Waals surface area contributed by atoms with Gasteiger partial charge in [0, 0.05) is 5.56 Å². The van der Waals surface area contributed by atoms with Gasteiger partial charge in [0.25, 0.3) is 5.91 Å². The van der Waals surface area contributed by atoms with E-state index in [2.05, 4.69) is 5.32 Å². The van der Waals surface area contributed by atoms with Crippen molar-refractivity contribution in [1.29, 1.82) is 0 Å². The minimum Gasteiger partial charge on any atom is -0.451 e. The zero-order chi connectivity index (χ0) is 25.2. The number of alkyl halides is 3. The summed E-state index contributed by atoms with van der Waals surface area (Å²) in [5, 5.41) is 2.80. The molecular weight excluding hydrogens is 457 g/mol. The summed E-state index contributed by atoms with van der Waals surface area (Å²) in [6.07, 6.45) is 0.381. The fraction of sp³-hybridized carbons (Fsp3) is 0.333. The molecule has 0 bridgehead atoms. The second-order valence-electron chi connectivity index (χ2n) is 9.17. The lowest BCUT2D eigenvalue weighted by Crippen LogP contribution is -2.60. The highest BCUT2D eigenvalue weighted by Crippen LogP contribution is 2.34. The third-order valence-corrected chi connectivity index (χ3v) is 6.85. The van der Waals surface area contributed by atoms with Crippen LogP contribution in [-0.2, 0) is 11.0 Å². The fourth-order valence-electron chi connectivity index (χ4n) is 4.64. The first-order valence-electron chi connectivity index (χ1n) is 11.6. The molecule has 2 amide bonds. The molecule has 8 heteroatoms. The number of nitrogens with two attached hydrogens (primary N) is 1. The van der Waals surface area contributed by atoms with Crippen LogP contribution < -0.4 is 11.1 Å². The maximum absolute atomic E-state index is 12.9. The number of carbonyl (C=O) groups is 2. The number of furan rings is 1. The van der Waals surface area contributed by atoms with Crippen molar-refractivity contribution in [1.82, 2.24) is 5.32 Å². The molecule has 0 spiro atoms. The van der Waals surface area contributed by atoms with Crippen LogP contribution in [0.4, 0.5) is 13.2 Å². The van der Waals surface area contributed by atoms with Crippen LogP contribution >= 0.6 is 0 Å². The monoisotopic (exact) mass is 484 g/mol. The second-order valence-corrected chi connectivity index (χ2v) is 9.17. The van der Waals surface area contributed by atoms with Gasteiger partial charge in [-0.1, -0.05) is 55.7 Å².